The van der Waals surface area contributed by atoms with Crippen LogP contribution in [0.15, 0.2) is 10.9 Å². The Morgan fingerprint density at radius 1 is 1.55 bits per heavy atom. The highest BCUT2D eigenvalue weighted by atomic mass is 16.1. The van der Waals surface area contributed by atoms with Crippen LogP contribution in [0.1, 0.15) is 16.8 Å². The summed E-state index contributed by atoms with van der Waals surface area (Å²) in [6, 6.07) is 1.56. The summed E-state index contributed by atoms with van der Waals surface area (Å²) in [5.41, 5.74) is 8.29. The molecule has 1 aromatic heterocycles. The first-order valence-corrected chi connectivity index (χ1v) is 3.54. The Kier molecular flexibility index (Phi) is 2.10. The molecule has 60 valence electrons. The molecule has 0 amide bonds. The van der Waals surface area contributed by atoms with E-state index in [9.17, 15) is 4.79 Å². The minimum Gasteiger partial charge on any atom is -0.326 e. The molecule has 0 aliphatic rings. The molecule has 0 fully saturated rings. The molecule has 1 aromatic rings. The van der Waals surface area contributed by atoms with Crippen molar-refractivity contribution in [3.05, 3.63) is 33.2 Å². The SMILES string of the molecule is Cc1cc(=O)[nH]c(C)c1CN. The number of aryl methyl sites for hydroxylation is 2. The van der Waals surface area contributed by atoms with E-state index in [1.165, 1.54) is 0 Å². The maximum absolute atomic E-state index is 10.9. The Balaban J connectivity index is 3.36. The number of nitrogens with one attached hydrogen (secondary N) is 1. The predicted octanol–water partition coefficient (Wildman–Crippen LogP) is 0.450. The van der Waals surface area contributed by atoms with Gasteiger partial charge in [0.2, 0.25) is 5.56 Å². The lowest BCUT2D eigenvalue weighted by Crippen LogP contribution is -2.12. The van der Waals surface area contributed by atoms with Crippen LogP contribution < -0.4 is 11.3 Å². The molecule has 3 nitrogen and oxygen atoms in total. The van der Waals surface area contributed by atoms with E-state index in [1.54, 1.807) is 6.07 Å². The zero-order valence-electron chi connectivity index (χ0n) is 6.77. The van der Waals surface area contributed by atoms with E-state index in [0.717, 1.165) is 16.8 Å². The van der Waals surface area contributed by atoms with E-state index in [4.69, 9.17) is 5.73 Å². The molecule has 0 saturated carbocycles. The minimum absolute atomic E-state index is 0.0581. The van der Waals surface area contributed by atoms with Gasteiger partial charge in [0, 0.05) is 18.3 Å². The molecule has 3 heteroatoms. The zero-order valence-corrected chi connectivity index (χ0v) is 6.77. The lowest BCUT2D eigenvalue weighted by atomic mass is 10.1. The molecular weight excluding hydrogens is 140 g/mol. The van der Waals surface area contributed by atoms with Crippen molar-refractivity contribution >= 4 is 0 Å². The second-order valence-electron chi connectivity index (χ2n) is 2.62. The summed E-state index contributed by atoms with van der Waals surface area (Å²) in [6.07, 6.45) is 0. The van der Waals surface area contributed by atoms with Crippen LogP contribution in [0, 0.1) is 13.8 Å². The summed E-state index contributed by atoms with van der Waals surface area (Å²) in [4.78, 5) is 13.6. The highest BCUT2D eigenvalue weighted by molar-refractivity contribution is 5.27. The highest BCUT2D eigenvalue weighted by Crippen LogP contribution is 2.06. The van der Waals surface area contributed by atoms with Gasteiger partial charge in [0.1, 0.15) is 0 Å². The first kappa shape index (κ1) is 8.01. The minimum atomic E-state index is -0.0581. The van der Waals surface area contributed by atoms with Crippen molar-refractivity contribution < 1.29 is 0 Å². The molecular formula is C8H12N2O. The van der Waals surface area contributed by atoms with Crippen LogP contribution in [0.5, 0.6) is 0 Å². The summed E-state index contributed by atoms with van der Waals surface area (Å²) in [6.45, 7) is 4.23. The van der Waals surface area contributed by atoms with Crippen molar-refractivity contribution in [1.82, 2.24) is 4.98 Å². The van der Waals surface area contributed by atoms with Gasteiger partial charge in [-0.05, 0) is 25.0 Å². The molecule has 0 radical (unpaired) electrons. The largest absolute Gasteiger partial charge is 0.326 e. The first-order valence-electron chi connectivity index (χ1n) is 3.54. The Bertz CT molecular complexity index is 288. The third-order valence-corrected chi connectivity index (χ3v) is 1.79. The number of aromatic amines is 1. The smallest absolute Gasteiger partial charge is 0.248 e. The number of hydrogen-bond donors (Lipinski definition) is 2. The van der Waals surface area contributed by atoms with Crippen LogP contribution in [0.25, 0.3) is 0 Å². The molecule has 0 aliphatic carbocycles. The lowest BCUT2D eigenvalue weighted by molar-refractivity contribution is 0.972. The van der Waals surface area contributed by atoms with Crippen LogP contribution in [-0.4, -0.2) is 4.98 Å². The molecule has 11 heavy (non-hydrogen) atoms. The van der Waals surface area contributed by atoms with E-state index in [0.29, 0.717) is 6.54 Å². The van der Waals surface area contributed by atoms with Gasteiger partial charge in [-0.3, -0.25) is 4.79 Å². The Morgan fingerprint density at radius 3 is 2.64 bits per heavy atom. The number of pyridine rings is 1. The van der Waals surface area contributed by atoms with Gasteiger partial charge in [-0.1, -0.05) is 0 Å². The number of rotatable bonds is 1. The molecule has 0 unspecified atom stereocenters. The summed E-state index contributed by atoms with van der Waals surface area (Å²) >= 11 is 0. The topological polar surface area (TPSA) is 58.9 Å². The lowest BCUT2D eigenvalue weighted by Gasteiger charge is -2.04. The van der Waals surface area contributed by atoms with Crippen molar-refractivity contribution in [2.75, 3.05) is 0 Å². The maximum atomic E-state index is 10.9. The third kappa shape index (κ3) is 1.49. The predicted molar refractivity (Wildman–Crippen MR) is 44.4 cm³/mol. The van der Waals surface area contributed by atoms with E-state index in [2.05, 4.69) is 4.98 Å². The second-order valence-corrected chi connectivity index (χ2v) is 2.62. The molecule has 0 aliphatic heterocycles. The normalized spacial score (nSPS) is 10.1. The quantitative estimate of drug-likeness (QED) is 0.613. The number of nitrogens with two attached hydrogens (primary N) is 1. The van der Waals surface area contributed by atoms with E-state index < -0.39 is 0 Å². The van der Waals surface area contributed by atoms with Crippen molar-refractivity contribution in [3.8, 4) is 0 Å². The van der Waals surface area contributed by atoms with Crippen molar-refractivity contribution in [3.63, 3.8) is 0 Å². The fourth-order valence-corrected chi connectivity index (χ4v) is 1.19. The molecule has 0 atom stereocenters. The Morgan fingerprint density at radius 2 is 2.18 bits per heavy atom. The average Bonchev–Trinajstić information content (AvgIpc) is 1.85. The summed E-state index contributed by atoms with van der Waals surface area (Å²) < 4.78 is 0. The van der Waals surface area contributed by atoms with Crippen LogP contribution in [0.4, 0.5) is 0 Å². The third-order valence-electron chi connectivity index (χ3n) is 1.79. The van der Waals surface area contributed by atoms with E-state index in [-0.39, 0.29) is 5.56 Å². The maximum Gasteiger partial charge on any atom is 0.248 e. The van der Waals surface area contributed by atoms with Crippen molar-refractivity contribution in [1.29, 1.82) is 0 Å². The number of aromatic nitrogens is 1. The molecule has 3 N–H and O–H groups in total. The van der Waals surface area contributed by atoms with Gasteiger partial charge < -0.3 is 10.7 Å². The second kappa shape index (κ2) is 2.88. The fourth-order valence-electron chi connectivity index (χ4n) is 1.19. The molecule has 0 spiro atoms. The molecule has 0 bridgehead atoms. The molecule has 0 aromatic carbocycles. The summed E-state index contributed by atoms with van der Waals surface area (Å²) in [7, 11) is 0. The Labute approximate surface area is 65.2 Å². The zero-order chi connectivity index (χ0) is 8.43. The van der Waals surface area contributed by atoms with Gasteiger partial charge in [0.15, 0.2) is 0 Å². The number of H-pyrrole nitrogens is 1. The van der Waals surface area contributed by atoms with Crippen LogP contribution >= 0.6 is 0 Å². The van der Waals surface area contributed by atoms with Crippen molar-refractivity contribution in [2.45, 2.75) is 20.4 Å². The van der Waals surface area contributed by atoms with Gasteiger partial charge >= 0.3 is 0 Å². The van der Waals surface area contributed by atoms with Gasteiger partial charge in [-0.25, -0.2) is 0 Å². The monoisotopic (exact) mass is 152 g/mol. The molecule has 1 rings (SSSR count). The van der Waals surface area contributed by atoms with Crippen LogP contribution in [-0.2, 0) is 6.54 Å². The van der Waals surface area contributed by atoms with Gasteiger partial charge in [0.05, 0.1) is 0 Å². The van der Waals surface area contributed by atoms with E-state index >= 15 is 0 Å². The molecule has 1 heterocycles. The van der Waals surface area contributed by atoms with Gasteiger partial charge in [-0.15, -0.1) is 0 Å². The van der Waals surface area contributed by atoms with Crippen LogP contribution in [0.3, 0.4) is 0 Å². The summed E-state index contributed by atoms with van der Waals surface area (Å²) in [5, 5.41) is 0. The summed E-state index contributed by atoms with van der Waals surface area (Å²) in [5.74, 6) is 0. The van der Waals surface area contributed by atoms with Gasteiger partial charge in [-0.2, -0.15) is 0 Å². The number of hydrogen-bond acceptors (Lipinski definition) is 2. The van der Waals surface area contributed by atoms with E-state index in [1.807, 2.05) is 13.8 Å². The molecule has 0 saturated heterocycles. The average molecular weight is 152 g/mol. The van der Waals surface area contributed by atoms with Gasteiger partial charge in [0.25, 0.3) is 0 Å². The standard InChI is InChI=1S/C8H12N2O/c1-5-3-8(11)10-6(2)7(5)4-9/h3H,4,9H2,1-2H3,(H,10,11). The Hall–Kier alpha value is -1.09. The first-order chi connectivity index (χ1) is 5.15. The fraction of sp³-hybridized carbons (Fsp3) is 0.375. The van der Waals surface area contributed by atoms with Crippen molar-refractivity contribution in [2.24, 2.45) is 5.73 Å². The highest BCUT2D eigenvalue weighted by Gasteiger charge is 2.00. The van der Waals surface area contributed by atoms with Crippen LogP contribution in [0.2, 0.25) is 0 Å².